The minimum absolute atomic E-state index is 0.0692. The monoisotopic (exact) mass is 255 g/mol. The van der Waals surface area contributed by atoms with Crippen LogP contribution in [0.25, 0.3) is 0 Å². The molecule has 102 valence electrons. The summed E-state index contributed by atoms with van der Waals surface area (Å²) in [6.45, 7) is 6.98. The van der Waals surface area contributed by atoms with Crippen LogP contribution in [-0.2, 0) is 0 Å². The van der Waals surface area contributed by atoms with E-state index in [4.69, 9.17) is 15.6 Å². The number of rotatable bonds is 7. The lowest BCUT2D eigenvalue weighted by Crippen LogP contribution is -2.27. The predicted octanol–water partition coefficient (Wildman–Crippen LogP) is 0.673. The summed E-state index contributed by atoms with van der Waals surface area (Å²) in [6.07, 6.45) is 0.867. The zero-order chi connectivity index (χ0) is 13.6. The molecule has 1 aromatic heterocycles. The number of nitrogens with zero attached hydrogens (tertiary/aromatic N) is 3. The molecule has 0 aliphatic rings. The van der Waals surface area contributed by atoms with Gasteiger partial charge < -0.3 is 20.9 Å². The van der Waals surface area contributed by atoms with Gasteiger partial charge in [0.05, 0.1) is 6.61 Å². The molecule has 7 nitrogen and oxygen atoms in total. The van der Waals surface area contributed by atoms with Crippen LogP contribution in [0.2, 0.25) is 0 Å². The highest BCUT2D eigenvalue weighted by molar-refractivity contribution is 5.32. The van der Waals surface area contributed by atoms with Crippen LogP contribution in [0, 0.1) is 5.41 Å². The normalized spacial score (nSPS) is 11.3. The maximum atomic E-state index is 9.15. The van der Waals surface area contributed by atoms with E-state index in [9.17, 15) is 0 Å². The Morgan fingerprint density at radius 2 is 2.06 bits per heavy atom. The molecule has 18 heavy (non-hydrogen) atoms. The molecule has 0 aromatic carbocycles. The van der Waals surface area contributed by atoms with E-state index in [2.05, 4.69) is 20.3 Å². The van der Waals surface area contributed by atoms with Crippen molar-refractivity contribution >= 4 is 11.9 Å². The van der Waals surface area contributed by atoms with E-state index in [0.717, 1.165) is 6.42 Å². The molecule has 7 heteroatoms. The standard InChI is InChI=1S/C11H21N5O2/c1-4-5-18-10-15-8(12)14-9(16-10)13-6-11(2,3)7-17/h17H,4-7H2,1-3H3,(H3,12,13,14,15,16). The number of nitrogens with two attached hydrogens (primary N) is 1. The molecule has 1 aromatic rings. The number of nitrogens with one attached hydrogen (secondary N) is 1. The first-order valence-corrected chi connectivity index (χ1v) is 5.96. The Balaban J connectivity index is 2.68. The van der Waals surface area contributed by atoms with Gasteiger partial charge in [-0.15, -0.1) is 0 Å². The fraction of sp³-hybridized carbons (Fsp3) is 0.727. The first-order chi connectivity index (χ1) is 8.46. The fourth-order valence-corrected chi connectivity index (χ4v) is 1.08. The van der Waals surface area contributed by atoms with Crippen molar-refractivity contribution in [3.8, 4) is 6.01 Å². The Morgan fingerprint density at radius 1 is 1.33 bits per heavy atom. The molecule has 0 saturated carbocycles. The molecule has 0 radical (unpaired) electrons. The highest BCUT2D eigenvalue weighted by Crippen LogP contribution is 2.15. The summed E-state index contributed by atoms with van der Waals surface area (Å²) in [6, 6.07) is 0.216. The minimum Gasteiger partial charge on any atom is -0.463 e. The molecule has 0 spiro atoms. The van der Waals surface area contributed by atoms with Gasteiger partial charge in [0.2, 0.25) is 11.9 Å². The second-order valence-electron chi connectivity index (χ2n) is 4.82. The van der Waals surface area contributed by atoms with Crippen molar-refractivity contribution in [2.75, 3.05) is 30.8 Å². The zero-order valence-corrected chi connectivity index (χ0v) is 11.1. The first kappa shape index (κ1) is 14.4. The zero-order valence-electron chi connectivity index (χ0n) is 11.1. The molecule has 4 N–H and O–H groups in total. The second-order valence-corrected chi connectivity index (χ2v) is 4.82. The van der Waals surface area contributed by atoms with E-state index in [1.807, 2.05) is 20.8 Å². The summed E-state index contributed by atoms with van der Waals surface area (Å²) in [5.41, 5.74) is 5.31. The molecule has 0 aliphatic carbocycles. The SMILES string of the molecule is CCCOc1nc(N)nc(NCC(C)(C)CO)n1. The van der Waals surface area contributed by atoms with Gasteiger partial charge in [-0.25, -0.2) is 0 Å². The number of anilines is 2. The van der Waals surface area contributed by atoms with E-state index < -0.39 is 0 Å². The van der Waals surface area contributed by atoms with Crippen molar-refractivity contribution in [2.24, 2.45) is 5.41 Å². The van der Waals surface area contributed by atoms with Crippen molar-refractivity contribution in [2.45, 2.75) is 27.2 Å². The Bertz CT molecular complexity index is 384. The second kappa shape index (κ2) is 6.34. The van der Waals surface area contributed by atoms with E-state index in [1.54, 1.807) is 0 Å². The van der Waals surface area contributed by atoms with Crippen LogP contribution in [0.1, 0.15) is 27.2 Å². The summed E-state index contributed by atoms with van der Waals surface area (Å²) < 4.78 is 5.30. The summed E-state index contributed by atoms with van der Waals surface area (Å²) in [5.74, 6) is 0.468. The molecule has 0 aliphatic heterocycles. The van der Waals surface area contributed by atoms with Crippen LogP contribution < -0.4 is 15.8 Å². The molecular weight excluding hydrogens is 234 g/mol. The van der Waals surface area contributed by atoms with E-state index in [1.165, 1.54) is 0 Å². The smallest absolute Gasteiger partial charge is 0.323 e. The van der Waals surface area contributed by atoms with Crippen LogP contribution >= 0.6 is 0 Å². The quantitative estimate of drug-likeness (QED) is 0.657. The number of aliphatic hydroxyl groups is 1. The van der Waals surface area contributed by atoms with E-state index >= 15 is 0 Å². The van der Waals surface area contributed by atoms with Crippen LogP contribution in [0.15, 0.2) is 0 Å². The molecule has 0 bridgehead atoms. The van der Waals surface area contributed by atoms with Gasteiger partial charge >= 0.3 is 6.01 Å². The van der Waals surface area contributed by atoms with Gasteiger partial charge in [-0.05, 0) is 6.42 Å². The molecule has 1 heterocycles. The number of aromatic nitrogens is 3. The Kier molecular flexibility index (Phi) is 5.08. The number of aliphatic hydroxyl groups excluding tert-OH is 1. The molecular formula is C11H21N5O2. The van der Waals surface area contributed by atoms with Gasteiger partial charge in [-0.1, -0.05) is 20.8 Å². The highest BCUT2D eigenvalue weighted by Gasteiger charge is 2.17. The third-order valence-electron chi connectivity index (χ3n) is 2.22. The molecule has 0 unspecified atom stereocenters. The lowest BCUT2D eigenvalue weighted by Gasteiger charge is -2.21. The summed E-state index contributed by atoms with van der Waals surface area (Å²) >= 11 is 0. The fourth-order valence-electron chi connectivity index (χ4n) is 1.08. The van der Waals surface area contributed by atoms with Gasteiger partial charge in [0.15, 0.2) is 0 Å². The van der Waals surface area contributed by atoms with Crippen molar-refractivity contribution in [3.63, 3.8) is 0 Å². The van der Waals surface area contributed by atoms with Crippen LogP contribution in [0.4, 0.5) is 11.9 Å². The Hall–Kier alpha value is -1.63. The van der Waals surface area contributed by atoms with Gasteiger partial charge in [-0.2, -0.15) is 15.0 Å². The van der Waals surface area contributed by atoms with Crippen molar-refractivity contribution in [3.05, 3.63) is 0 Å². The number of hydrogen-bond acceptors (Lipinski definition) is 7. The van der Waals surface area contributed by atoms with Gasteiger partial charge in [0.1, 0.15) is 0 Å². The third-order valence-corrected chi connectivity index (χ3v) is 2.22. The van der Waals surface area contributed by atoms with Crippen LogP contribution in [0.3, 0.4) is 0 Å². The molecule has 0 atom stereocenters. The lowest BCUT2D eigenvalue weighted by molar-refractivity contribution is 0.170. The summed E-state index contributed by atoms with van der Waals surface area (Å²) in [7, 11) is 0. The number of ether oxygens (including phenoxy) is 1. The number of nitrogen functional groups attached to an aromatic ring is 1. The molecule has 0 fully saturated rings. The van der Waals surface area contributed by atoms with Gasteiger partial charge in [-0.3, -0.25) is 0 Å². The van der Waals surface area contributed by atoms with E-state index in [0.29, 0.717) is 19.1 Å². The molecule has 0 amide bonds. The van der Waals surface area contributed by atoms with Crippen molar-refractivity contribution in [1.29, 1.82) is 0 Å². The average molecular weight is 255 g/mol. The van der Waals surface area contributed by atoms with Crippen LogP contribution in [0.5, 0.6) is 6.01 Å². The predicted molar refractivity (Wildman–Crippen MR) is 69.4 cm³/mol. The largest absolute Gasteiger partial charge is 0.463 e. The summed E-state index contributed by atoms with van der Waals surface area (Å²) in [4.78, 5) is 11.9. The number of hydrogen-bond donors (Lipinski definition) is 3. The van der Waals surface area contributed by atoms with Crippen LogP contribution in [-0.4, -0.2) is 39.8 Å². The molecule has 1 rings (SSSR count). The maximum absolute atomic E-state index is 9.15. The third kappa shape index (κ3) is 4.70. The van der Waals surface area contributed by atoms with Gasteiger partial charge in [0.25, 0.3) is 0 Å². The average Bonchev–Trinajstić information content (AvgIpc) is 2.33. The van der Waals surface area contributed by atoms with E-state index in [-0.39, 0.29) is 24.0 Å². The van der Waals surface area contributed by atoms with Gasteiger partial charge in [0, 0.05) is 18.6 Å². The topological polar surface area (TPSA) is 106 Å². The Morgan fingerprint density at radius 3 is 2.67 bits per heavy atom. The van der Waals surface area contributed by atoms with Crippen molar-refractivity contribution < 1.29 is 9.84 Å². The summed E-state index contributed by atoms with van der Waals surface area (Å²) in [5, 5.41) is 12.2. The molecule has 0 saturated heterocycles. The van der Waals surface area contributed by atoms with Crippen molar-refractivity contribution in [1.82, 2.24) is 15.0 Å². The highest BCUT2D eigenvalue weighted by atomic mass is 16.5. The maximum Gasteiger partial charge on any atom is 0.323 e. The first-order valence-electron chi connectivity index (χ1n) is 5.96. The minimum atomic E-state index is -0.258. The lowest BCUT2D eigenvalue weighted by atomic mass is 9.95. The Labute approximate surface area is 107 Å².